The molecular weight excluding hydrogens is 255 g/mol. The second-order valence-electron chi connectivity index (χ2n) is 6.83. The molecule has 0 bridgehead atoms. The molecule has 0 saturated carbocycles. The zero-order chi connectivity index (χ0) is 14.7. The second-order valence-corrected chi connectivity index (χ2v) is 7.49. The highest BCUT2D eigenvalue weighted by molar-refractivity contribution is 7.26. The van der Waals surface area contributed by atoms with Crippen molar-refractivity contribution in [2.75, 3.05) is 6.61 Å². The van der Waals surface area contributed by atoms with Gasteiger partial charge < -0.3 is 9.05 Å². The number of hydrogen-bond donors (Lipinski definition) is 0. The van der Waals surface area contributed by atoms with Crippen molar-refractivity contribution in [2.45, 2.75) is 59.3 Å². The molecular formula is C16H27O2P. The fourth-order valence-corrected chi connectivity index (χ4v) is 2.25. The summed E-state index contributed by atoms with van der Waals surface area (Å²) in [5.41, 5.74) is 2.80. The maximum atomic E-state index is 5.78. The second kappa shape index (κ2) is 6.24. The van der Waals surface area contributed by atoms with E-state index in [-0.39, 0.29) is 19.9 Å². The molecule has 0 spiro atoms. The van der Waals surface area contributed by atoms with E-state index in [1.54, 1.807) is 0 Å². The first-order chi connectivity index (χ1) is 8.66. The fourth-order valence-electron chi connectivity index (χ4n) is 1.80. The van der Waals surface area contributed by atoms with Crippen LogP contribution in [0.2, 0.25) is 0 Å². The predicted octanol–water partition coefficient (Wildman–Crippen LogP) is 5.21. The van der Waals surface area contributed by atoms with Crippen molar-refractivity contribution in [3.05, 3.63) is 29.3 Å². The van der Waals surface area contributed by atoms with Crippen LogP contribution in [-0.4, -0.2) is 6.61 Å². The summed E-state index contributed by atoms with van der Waals surface area (Å²) in [6.07, 6.45) is 0. The molecule has 0 aliphatic heterocycles. The van der Waals surface area contributed by atoms with E-state index in [4.69, 9.17) is 9.05 Å². The molecule has 1 unspecified atom stereocenters. The molecule has 1 rings (SSSR count). The molecule has 0 aliphatic rings. The highest BCUT2D eigenvalue weighted by atomic mass is 31.1. The van der Waals surface area contributed by atoms with E-state index >= 15 is 0 Å². The topological polar surface area (TPSA) is 18.5 Å². The third-order valence-electron chi connectivity index (χ3n) is 3.01. The number of benzene rings is 1. The van der Waals surface area contributed by atoms with Gasteiger partial charge in [-0.1, -0.05) is 53.7 Å². The molecule has 1 aromatic rings. The summed E-state index contributed by atoms with van der Waals surface area (Å²) < 4.78 is 11.1. The Labute approximate surface area is 119 Å². The van der Waals surface area contributed by atoms with Gasteiger partial charge in [-0.15, -0.1) is 0 Å². The van der Waals surface area contributed by atoms with Crippen molar-refractivity contribution >= 4 is 9.03 Å². The largest absolute Gasteiger partial charge is 0.449 e. The molecule has 0 aliphatic carbocycles. The van der Waals surface area contributed by atoms with Gasteiger partial charge in [0.1, 0.15) is 5.75 Å². The van der Waals surface area contributed by atoms with Crippen LogP contribution in [0.1, 0.15) is 59.6 Å². The van der Waals surface area contributed by atoms with E-state index < -0.39 is 0 Å². The standard InChI is InChI=1S/C16H27O2P/c1-8-17-19-18-14-10-9-12(15(2,3)4)11-13(14)16(5,6)7/h9-11,19H,8H2,1-7H3. The third kappa shape index (κ3) is 4.78. The van der Waals surface area contributed by atoms with Crippen LogP contribution in [0.15, 0.2) is 18.2 Å². The Hall–Kier alpha value is -0.590. The highest BCUT2D eigenvalue weighted by Crippen LogP contribution is 2.37. The van der Waals surface area contributed by atoms with Crippen molar-refractivity contribution in [3.8, 4) is 5.75 Å². The van der Waals surface area contributed by atoms with Gasteiger partial charge >= 0.3 is 0 Å². The van der Waals surface area contributed by atoms with Crippen molar-refractivity contribution in [1.29, 1.82) is 0 Å². The minimum Gasteiger partial charge on any atom is -0.449 e. The smallest absolute Gasteiger partial charge is 0.215 e. The van der Waals surface area contributed by atoms with Gasteiger partial charge in [0, 0.05) is 5.56 Å². The zero-order valence-electron chi connectivity index (χ0n) is 13.3. The Bertz CT molecular complexity index is 414. The minimum absolute atomic E-state index is 0.0628. The lowest BCUT2D eigenvalue weighted by Crippen LogP contribution is -2.16. The van der Waals surface area contributed by atoms with Crippen molar-refractivity contribution in [1.82, 2.24) is 0 Å². The van der Waals surface area contributed by atoms with E-state index in [2.05, 4.69) is 59.7 Å². The molecule has 0 N–H and O–H groups in total. The SMILES string of the molecule is CCOPOc1ccc(C(C)(C)C)cc1C(C)(C)C. The maximum Gasteiger partial charge on any atom is 0.215 e. The summed E-state index contributed by atoms with van der Waals surface area (Å²) in [6, 6.07) is 6.50. The van der Waals surface area contributed by atoms with Gasteiger partial charge in [0.05, 0.1) is 6.61 Å². The van der Waals surface area contributed by atoms with Crippen molar-refractivity contribution in [2.24, 2.45) is 0 Å². The summed E-state index contributed by atoms with van der Waals surface area (Å²) in [4.78, 5) is 0. The van der Waals surface area contributed by atoms with E-state index in [1.807, 2.05) is 6.92 Å². The first-order valence-electron chi connectivity index (χ1n) is 6.85. The quantitative estimate of drug-likeness (QED) is 0.558. The maximum absolute atomic E-state index is 5.78. The normalized spacial score (nSPS) is 13.2. The molecule has 108 valence electrons. The van der Waals surface area contributed by atoms with Crippen LogP contribution >= 0.6 is 9.03 Å². The molecule has 0 amide bonds. The van der Waals surface area contributed by atoms with E-state index in [0.717, 1.165) is 5.75 Å². The first-order valence-corrected chi connectivity index (χ1v) is 7.66. The zero-order valence-corrected chi connectivity index (χ0v) is 14.3. The van der Waals surface area contributed by atoms with Crippen LogP contribution in [0.3, 0.4) is 0 Å². The minimum atomic E-state index is 0.0628. The van der Waals surface area contributed by atoms with Gasteiger partial charge in [-0.05, 0) is 29.4 Å². The summed E-state index contributed by atoms with van der Waals surface area (Å²) in [5.74, 6) is 0.937. The molecule has 0 aromatic heterocycles. The Morgan fingerprint density at radius 3 is 2.11 bits per heavy atom. The lowest BCUT2D eigenvalue weighted by Gasteiger charge is -2.27. The van der Waals surface area contributed by atoms with Crippen molar-refractivity contribution < 1.29 is 9.05 Å². The molecule has 2 nitrogen and oxygen atoms in total. The third-order valence-corrected chi connectivity index (χ3v) is 3.72. The van der Waals surface area contributed by atoms with E-state index in [9.17, 15) is 0 Å². The monoisotopic (exact) mass is 282 g/mol. The van der Waals surface area contributed by atoms with Crippen LogP contribution < -0.4 is 4.52 Å². The summed E-state index contributed by atoms with van der Waals surface area (Å²) >= 11 is 0. The summed E-state index contributed by atoms with van der Waals surface area (Å²) in [6.45, 7) is 16.0. The van der Waals surface area contributed by atoms with Crippen LogP contribution in [0.25, 0.3) is 0 Å². The molecule has 19 heavy (non-hydrogen) atoms. The molecule has 0 fully saturated rings. The Kier molecular flexibility index (Phi) is 5.41. The molecule has 1 atom stereocenters. The Morgan fingerprint density at radius 2 is 1.63 bits per heavy atom. The molecule has 3 heteroatoms. The van der Waals surface area contributed by atoms with Crippen LogP contribution in [0.5, 0.6) is 5.75 Å². The van der Waals surface area contributed by atoms with Gasteiger partial charge in [0.15, 0.2) is 0 Å². The fraction of sp³-hybridized carbons (Fsp3) is 0.625. The predicted molar refractivity (Wildman–Crippen MR) is 84.4 cm³/mol. The van der Waals surface area contributed by atoms with E-state index in [1.165, 1.54) is 11.1 Å². The Morgan fingerprint density at radius 1 is 1.00 bits per heavy atom. The highest BCUT2D eigenvalue weighted by Gasteiger charge is 2.23. The van der Waals surface area contributed by atoms with Gasteiger partial charge in [-0.3, -0.25) is 0 Å². The number of hydrogen-bond acceptors (Lipinski definition) is 2. The van der Waals surface area contributed by atoms with Gasteiger partial charge in [-0.25, -0.2) is 0 Å². The molecule has 0 radical (unpaired) electrons. The molecule has 1 aromatic carbocycles. The van der Waals surface area contributed by atoms with Gasteiger partial charge in [0.25, 0.3) is 0 Å². The van der Waals surface area contributed by atoms with Gasteiger partial charge in [-0.2, -0.15) is 0 Å². The van der Waals surface area contributed by atoms with Crippen molar-refractivity contribution in [3.63, 3.8) is 0 Å². The number of rotatable bonds is 4. The molecule has 0 saturated heterocycles. The first kappa shape index (κ1) is 16.5. The van der Waals surface area contributed by atoms with Crippen LogP contribution in [0.4, 0.5) is 0 Å². The molecule has 0 heterocycles. The average Bonchev–Trinajstić information content (AvgIpc) is 2.27. The van der Waals surface area contributed by atoms with E-state index in [0.29, 0.717) is 6.61 Å². The lowest BCUT2D eigenvalue weighted by atomic mass is 9.80. The average molecular weight is 282 g/mol. The lowest BCUT2D eigenvalue weighted by molar-refractivity contribution is 0.349. The van der Waals surface area contributed by atoms with Gasteiger partial charge in [0.2, 0.25) is 9.03 Å². The van der Waals surface area contributed by atoms with Crippen LogP contribution in [0, 0.1) is 0 Å². The summed E-state index contributed by atoms with van der Waals surface area (Å²) in [7, 11) is 0.0686. The van der Waals surface area contributed by atoms with Crippen LogP contribution in [-0.2, 0) is 15.4 Å². The Balaban J connectivity index is 3.11. The summed E-state index contributed by atoms with van der Waals surface area (Å²) in [5, 5.41) is 0.